The maximum Gasteiger partial charge on any atom is 0.263 e. The maximum atomic E-state index is 11.8. The SMILES string of the molecule is COc1ncc(-c2cncc3cc(/C=C4\SC(=S)NC4=O)oc23)cc1N. The molecular formula is C17H12N4O3S2. The number of carbonyl (C=O) groups excluding carboxylic acids is 1. The minimum absolute atomic E-state index is 0.231. The van der Waals surface area contributed by atoms with Gasteiger partial charge in [0, 0.05) is 41.2 Å². The molecule has 1 amide bonds. The second kappa shape index (κ2) is 6.43. The molecule has 0 spiro atoms. The predicted molar refractivity (Wildman–Crippen MR) is 105 cm³/mol. The molecule has 4 heterocycles. The Morgan fingerprint density at radius 2 is 2.19 bits per heavy atom. The molecule has 0 unspecified atom stereocenters. The molecule has 1 aliphatic heterocycles. The van der Waals surface area contributed by atoms with Crippen LogP contribution in [-0.4, -0.2) is 27.3 Å². The van der Waals surface area contributed by atoms with Gasteiger partial charge in [-0.2, -0.15) is 0 Å². The zero-order valence-electron chi connectivity index (χ0n) is 13.5. The summed E-state index contributed by atoms with van der Waals surface area (Å²) in [7, 11) is 1.51. The summed E-state index contributed by atoms with van der Waals surface area (Å²) in [5.41, 5.74) is 8.49. The summed E-state index contributed by atoms with van der Waals surface area (Å²) >= 11 is 6.19. The smallest absolute Gasteiger partial charge is 0.263 e. The van der Waals surface area contributed by atoms with Gasteiger partial charge in [-0.15, -0.1) is 0 Å². The zero-order valence-corrected chi connectivity index (χ0v) is 15.1. The number of amides is 1. The van der Waals surface area contributed by atoms with Crippen LogP contribution in [-0.2, 0) is 4.79 Å². The number of anilines is 1. The Hall–Kier alpha value is -2.91. The highest BCUT2D eigenvalue weighted by Gasteiger charge is 2.23. The third-order valence-corrected chi connectivity index (χ3v) is 4.90. The molecule has 0 radical (unpaired) electrons. The average molecular weight is 384 g/mol. The third kappa shape index (κ3) is 2.91. The summed E-state index contributed by atoms with van der Waals surface area (Å²) in [5, 5.41) is 3.37. The van der Waals surface area contributed by atoms with E-state index in [0.717, 1.165) is 16.5 Å². The summed E-state index contributed by atoms with van der Waals surface area (Å²) in [6, 6.07) is 3.57. The zero-order chi connectivity index (χ0) is 18.3. The van der Waals surface area contributed by atoms with Crippen molar-refractivity contribution in [3.8, 4) is 17.0 Å². The molecule has 0 aliphatic carbocycles. The molecule has 7 nitrogen and oxygen atoms in total. The Labute approximate surface area is 157 Å². The van der Waals surface area contributed by atoms with Crippen molar-refractivity contribution in [3.63, 3.8) is 0 Å². The molecule has 3 N–H and O–H groups in total. The predicted octanol–water partition coefficient (Wildman–Crippen LogP) is 2.97. The number of thiocarbonyl (C=S) groups is 1. The third-order valence-electron chi connectivity index (χ3n) is 3.74. The number of nitrogens with zero attached hydrogens (tertiary/aromatic N) is 2. The van der Waals surface area contributed by atoms with Crippen molar-refractivity contribution in [1.29, 1.82) is 0 Å². The molecule has 1 saturated heterocycles. The molecule has 4 rings (SSSR count). The molecular weight excluding hydrogens is 372 g/mol. The molecule has 9 heteroatoms. The summed E-state index contributed by atoms with van der Waals surface area (Å²) in [4.78, 5) is 20.7. The minimum Gasteiger partial charge on any atom is -0.480 e. The van der Waals surface area contributed by atoms with Crippen LogP contribution < -0.4 is 15.8 Å². The van der Waals surface area contributed by atoms with E-state index in [9.17, 15) is 4.79 Å². The molecule has 3 aromatic heterocycles. The molecule has 1 fully saturated rings. The van der Waals surface area contributed by atoms with E-state index in [1.54, 1.807) is 30.7 Å². The monoisotopic (exact) mass is 384 g/mol. The number of nitrogens with two attached hydrogens (primary N) is 1. The number of fused-ring (bicyclic) bond motifs is 1. The fourth-order valence-electron chi connectivity index (χ4n) is 2.60. The Kier molecular flexibility index (Phi) is 4.09. The quantitative estimate of drug-likeness (QED) is 0.525. The topological polar surface area (TPSA) is 103 Å². The van der Waals surface area contributed by atoms with E-state index in [2.05, 4.69) is 15.3 Å². The van der Waals surface area contributed by atoms with Gasteiger partial charge in [0.25, 0.3) is 5.91 Å². The fraction of sp³-hybridized carbons (Fsp3) is 0.0588. The van der Waals surface area contributed by atoms with Crippen LogP contribution in [0.5, 0.6) is 5.88 Å². The van der Waals surface area contributed by atoms with Crippen molar-refractivity contribution in [3.05, 3.63) is 41.4 Å². The van der Waals surface area contributed by atoms with E-state index in [1.165, 1.54) is 18.9 Å². The van der Waals surface area contributed by atoms with Crippen molar-refractivity contribution < 1.29 is 13.9 Å². The summed E-state index contributed by atoms with van der Waals surface area (Å²) in [6.45, 7) is 0. The van der Waals surface area contributed by atoms with Gasteiger partial charge in [0.2, 0.25) is 5.88 Å². The molecule has 0 aromatic carbocycles. The van der Waals surface area contributed by atoms with Gasteiger partial charge in [-0.05, 0) is 12.1 Å². The first kappa shape index (κ1) is 16.6. The van der Waals surface area contributed by atoms with Crippen molar-refractivity contribution >= 4 is 56.9 Å². The van der Waals surface area contributed by atoms with Crippen LogP contribution in [0.1, 0.15) is 5.76 Å². The largest absolute Gasteiger partial charge is 0.480 e. The fourth-order valence-corrected chi connectivity index (χ4v) is 3.62. The van der Waals surface area contributed by atoms with Crippen molar-refractivity contribution in [2.45, 2.75) is 0 Å². The van der Waals surface area contributed by atoms with Crippen molar-refractivity contribution in [1.82, 2.24) is 15.3 Å². The van der Waals surface area contributed by atoms with Crippen LogP contribution >= 0.6 is 24.0 Å². The summed E-state index contributed by atoms with van der Waals surface area (Å²) < 4.78 is 11.5. The number of pyridine rings is 2. The maximum absolute atomic E-state index is 11.8. The second-order valence-corrected chi connectivity index (χ2v) is 7.15. The first-order valence-corrected chi connectivity index (χ1v) is 8.70. The number of nitrogen functional groups attached to an aromatic ring is 1. The first-order chi connectivity index (χ1) is 12.5. The van der Waals surface area contributed by atoms with Gasteiger partial charge in [0.05, 0.1) is 17.7 Å². The van der Waals surface area contributed by atoms with Gasteiger partial charge in [0.15, 0.2) is 0 Å². The van der Waals surface area contributed by atoms with Crippen LogP contribution in [0, 0.1) is 0 Å². The lowest BCUT2D eigenvalue weighted by atomic mass is 10.1. The molecule has 3 aromatic rings. The number of ether oxygens (including phenoxy) is 1. The van der Waals surface area contributed by atoms with Crippen LogP contribution in [0.15, 0.2) is 40.0 Å². The lowest BCUT2D eigenvalue weighted by Crippen LogP contribution is -2.17. The highest BCUT2D eigenvalue weighted by molar-refractivity contribution is 8.26. The van der Waals surface area contributed by atoms with Gasteiger partial charge in [-0.3, -0.25) is 9.78 Å². The molecule has 26 heavy (non-hydrogen) atoms. The van der Waals surface area contributed by atoms with Crippen LogP contribution in [0.3, 0.4) is 0 Å². The molecule has 0 saturated carbocycles. The van der Waals surface area contributed by atoms with E-state index < -0.39 is 0 Å². The van der Waals surface area contributed by atoms with Crippen LogP contribution in [0.4, 0.5) is 5.69 Å². The number of nitrogens with one attached hydrogen (secondary N) is 1. The number of hydrogen-bond donors (Lipinski definition) is 2. The van der Waals surface area contributed by atoms with Crippen molar-refractivity contribution in [2.24, 2.45) is 0 Å². The molecule has 130 valence electrons. The first-order valence-electron chi connectivity index (χ1n) is 7.47. The molecule has 0 atom stereocenters. The number of methoxy groups -OCH3 is 1. The number of hydrogen-bond acceptors (Lipinski definition) is 8. The average Bonchev–Trinajstić information content (AvgIpc) is 3.16. The second-order valence-electron chi connectivity index (χ2n) is 5.43. The van der Waals surface area contributed by atoms with E-state index >= 15 is 0 Å². The lowest BCUT2D eigenvalue weighted by molar-refractivity contribution is -0.115. The Balaban J connectivity index is 1.79. The van der Waals surface area contributed by atoms with E-state index in [4.69, 9.17) is 27.1 Å². The number of rotatable bonds is 3. The number of carbonyl (C=O) groups is 1. The van der Waals surface area contributed by atoms with Gasteiger partial charge in [-0.1, -0.05) is 24.0 Å². The Morgan fingerprint density at radius 1 is 1.35 bits per heavy atom. The summed E-state index contributed by atoms with van der Waals surface area (Å²) in [5.74, 6) is 0.663. The lowest BCUT2D eigenvalue weighted by Gasteiger charge is -2.06. The van der Waals surface area contributed by atoms with E-state index in [0.29, 0.717) is 32.1 Å². The van der Waals surface area contributed by atoms with Gasteiger partial charge >= 0.3 is 0 Å². The van der Waals surface area contributed by atoms with Crippen LogP contribution in [0.25, 0.3) is 28.2 Å². The normalized spacial score (nSPS) is 15.7. The molecule has 0 bridgehead atoms. The molecule has 1 aliphatic rings. The van der Waals surface area contributed by atoms with Crippen molar-refractivity contribution in [2.75, 3.05) is 12.8 Å². The highest BCUT2D eigenvalue weighted by atomic mass is 32.2. The number of thioether (sulfide) groups is 1. The van der Waals surface area contributed by atoms with Crippen LogP contribution in [0.2, 0.25) is 0 Å². The van der Waals surface area contributed by atoms with Gasteiger partial charge in [0.1, 0.15) is 15.7 Å². The van der Waals surface area contributed by atoms with E-state index in [-0.39, 0.29) is 5.91 Å². The van der Waals surface area contributed by atoms with Gasteiger partial charge in [-0.25, -0.2) is 4.98 Å². The number of furan rings is 1. The standard InChI is InChI=1S/C17H12N4O3S2/c1-23-16-12(18)3-8(6-20-16)11-7-19-5-9-2-10(24-14(9)11)4-13-15(22)21-17(25)26-13/h2-7H,18H2,1H3,(H,21,22,25)/b13-4-. The van der Waals surface area contributed by atoms with E-state index in [1.807, 2.05) is 6.07 Å². The highest BCUT2D eigenvalue weighted by Crippen LogP contribution is 2.34. The summed E-state index contributed by atoms with van der Waals surface area (Å²) in [6.07, 6.45) is 6.67. The Morgan fingerprint density at radius 3 is 2.88 bits per heavy atom. The minimum atomic E-state index is -0.231. The number of aromatic nitrogens is 2. The van der Waals surface area contributed by atoms with Gasteiger partial charge < -0.3 is 20.2 Å². The Bertz CT molecular complexity index is 1090.